The average molecular weight is 811 g/mol. The first-order chi connectivity index (χ1) is 27.9. The minimum absolute atomic E-state index is 0.114. The van der Waals surface area contributed by atoms with Crippen LogP contribution in [-0.2, 0) is 23.7 Å². The van der Waals surface area contributed by atoms with Gasteiger partial charge in [0, 0.05) is 13.0 Å². The van der Waals surface area contributed by atoms with Crippen LogP contribution in [-0.4, -0.2) is 89.6 Å². The second-order valence-corrected chi connectivity index (χ2v) is 16.6. The Bertz CT molecular complexity index is 926. The van der Waals surface area contributed by atoms with E-state index < -0.39 is 43.4 Å². The van der Waals surface area contributed by atoms with Crippen molar-refractivity contribution < 1.29 is 44.2 Å². The lowest BCUT2D eigenvalue weighted by Crippen LogP contribution is -2.59. The number of unbranched alkanes of at least 4 members (excludes halogenated alkanes) is 26. The van der Waals surface area contributed by atoms with Crippen molar-refractivity contribution in [2.45, 2.75) is 250 Å². The van der Waals surface area contributed by atoms with Crippen LogP contribution in [0.4, 0.5) is 0 Å². The van der Waals surface area contributed by atoms with Gasteiger partial charge in [-0.3, -0.25) is 4.79 Å². The maximum Gasteiger partial charge on any atom is 0.306 e. The average Bonchev–Trinajstić information content (AvgIpc) is 3.21. The fourth-order valence-corrected chi connectivity index (χ4v) is 7.35. The summed E-state index contributed by atoms with van der Waals surface area (Å²) in [5.41, 5.74) is 0. The Morgan fingerprint density at radius 1 is 0.561 bits per heavy atom. The molecule has 1 aliphatic rings. The first kappa shape index (κ1) is 53.7. The van der Waals surface area contributed by atoms with E-state index >= 15 is 0 Å². The maximum atomic E-state index is 12.8. The first-order valence-electron chi connectivity index (χ1n) is 23.9. The Morgan fingerprint density at radius 3 is 1.58 bits per heavy atom. The van der Waals surface area contributed by atoms with E-state index in [0.29, 0.717) is 13.0 Å². The molecule has 0 aromatic carbocycles. The molecule has 0 saturated carbocycles. The smallest absolute Gasteiger partial charge is 0.306 e. The second-order valence-electron chi connectivity index (χ2n) is 16.6. The highest BCUT2D eigenvalue weighted by atomic mass is 16.7. The SMILES string of the molecule is CCC/C=C\C/C=C\CCCCCCCCOCC(COC1OC(CO)C(O)C(O)C1O)OC(=O)CCCCCCCCCCCCCCCCCCCCCC. The lowest BCUT2D eigenvalue weighted by molar-refractivity contribution is -0.305. The summed E-state index contributed by atoms with van der Waals surface area (Å²) in [6.07, 6.45) is 39.2. The zero-order chi connectivity index (χ0) is 41.4. The second kappa shape index (κ2) is 40.1. The van der Waals surface area contributed by atoms with E-state index in [1.165, 1.54) is 135 Å². The molecule has 336 valence electrons. The molecule has 0 radical (unpaired) electrons. The van der Waals surface area contributed by atoms with Crippen LogP contribution in [0.2, 0.25) is 0 Å². The number of carbonyl (C=O) groups is 1. The highest BCUT2D eigenvalue weighted by molar-refractivity contribution is 5.69. The molecule has 9 heteroatoms. The summed E-state index contributed by atoms with van der Waals surface area (Å²) in [5.74, 6) is -0.314. The van der Waals surface area contributed by atoms with E-state index in [2.05, 4.69) is 38.2 Å². The summed E-state index contributed by atoms with van der Waals surface area (Å²) in [7, 11) is 0. The molecule has 1 rings (SSSR count). The van der Waals surface area contributed by atoms with E-state index in [1.807, 2.05) is 0 Å². The number of carbonyl (C=O) groups excluding carboxylic acids is 1. The molecule has 9 nitrogen and oxygen atoms in total. The van der Waals surface area contributed by atoms with Crippen molar-refractivity contribution >= 4 is 5.97 Å². The van der Waals surface area contributed by atoms with Gasteiger partial charge in [-0.05, 0) is 38.5 Å². The third-order valence-corrected chi connectivity index (χ3v) is 11.1. The van der Waals surface area contributed by atoms with Crippen molar-refractivity contribution in [1.29, 1.82) is 0 Å². The van der Waals surface area contributed by atoms with E-state index in [9.17, 15) is 25.2 Å². The fraction of sp³-hybridized carbons (Fsp3) is 0.896. The largest absolute Gasteiger partial charge is 0.457 e. The predicted molar refractivity (Wildman–Crippen MR) is 233 cm³/mol. The number of aliphatic hydroxyl groups is 4. The molecule has 0 aliphatic carbocycles. The lowest BCUT2D eigenvalue weighted by atomic mass is 9.99. The summed E-state index contributed by atoms with van der Waals surface area (Å²) in [4.78, 5) is 12.8. The van der Waals surface area contributed by atoms with Crippen LogP contribution in [0.15, 0.2) is 24.3 Å². The van der Waals surface area contributed by atoms with Gasteiger partial charge in [-0.15, -0.1) is 0 Å². The number of hydrogen-bond acceptors (Lipinski definition) is 9. The molecular formula is C48H90O9. The van der Waals surface area contributed by atoms with Crippen LogP contribution in [0, 0.1) is 0 Å². The van der Waals surface area contributed by atoms with Gasteiger partial charge in [0.15, 0.2) is 6.29 Å². The minimum atomic E-state index is -1.54. The molecule has 57 heavy (non-hydrogen) atoms. The Labute approximate surface area is 349 Å². The van der Waals surface area contributed by atoms with Crippen LogP contribution in [0.5, 0.6) is 0 Å². The molecule has 6 unspecified atom stereocenters. The summed E-state index contributed by atoms with van der Waals surface area (Å²) in [6.45, 7) is 4.50. The Kier molecular flexibility index (Phi) is 37.8. The van der Waals surface area contributed by atoms with E-state index in [0.717, 1.165) is 57.8 Å². The quantitative estimate of drug-likeness (QED) is 0.0270. The van der Waals surface area contributed by atoms with Gasteiger partial charge >= 0.3 is 5.97 Å². The molecule has 6 atom stereocenters. The summed E-state index contributed by atoms with van der Waals surface area (Å²) in [6, 6.07) is 0. The number of esters is 1. The van der Waals surface area contributed by atoms with Crippen molar-refractivity contribution in [1.82, 2.24) is 0 Å². The fourth-order valence-electron chi connectivity index (χ4n) is 7.35. The van der Waals surface area contributed by atoms with Crippen molar-refractivity contribution in [2.75, 3.05) is 26.4 Å². The van der Waals surface area contributed by atoms with Gasteiger partial charge in [-0.1, -0.05) is 192 Å². The van der Waals surface area contributed by atoms with E-state index in [1.54, 1.807) is 0 Å². The third kappa shape index (κ3) is 31.2. The van der Waals surface area contributed by atoms with Crippen molar-refractivity contribution in [3.63, 3.8) is 0 Å². The zero-order valence-electron chi connectivity index (χ0n) is 36.9. The number of hydrogen-bond donors (Lipinski definition) is 4. The van der Waals surface area contributed by atoms with Gasteiger partial charge in [0.1, 0.15) is 30.5 Å². The third-order valence-electron chi connectivity index (χ3n) is 11.1. The molecule has 0 spiro atoms. The summed E-state index contributed by atoms with van der Waals surface area (Å²) < 4.78 is 22.8. The van der Waals surface area contributed by atoms with Gasteiger partial charge in [0.05, 0.1) is 19.8 Å². The number of ether oxygens (including phenoxy) is 4. The monoisotopic (exact) mass is 811 g/mol. The molecule has 1 fully saturated rings. The van der Waals surface area contributed by atoms with E-state index in [4.69, 9.17) is 18.9 Å². The normalized spacial score (nSPS) is 20.6. The molecule has 1 heterocycles. The zero-order valence-corrected chi connectivity index (χ0v) is 36.9. The molecule has 0 aromatic heterocycles. The predicted octanol–water partition coefficient (Wildman–Crippen LogP) is 11.0. The van der Waals surface area contributed by atoms with Crippen LogP contribution < -0.4 is 0 Å². The molecule has 1 aliphatic heterocycles. The van der Waals surface area contributed by atoms with Crippen molar-refractivity contribution in [3.8, 4) is 0 Å². The summed E-state index contributed by atoms with van der Waals surface area (Å²) >= 11 is 0. The molecular weight excluding hydrogens is 721 g/mol. The van der Waals surface area contributed by atoms with Crippen LogP contribution in [0.3, 0.4) is 0 Å². The molecule has 0 amide bonds. The van der Waals surface area contributed by atoms with Gasteiger partial charge < -0.3 is 39.4 Å². The highest BCUT2D eigenvalue weighted by Gasteiger charge is 2.44. The van der Waals surface area contributed by atoms with E-state index in [-0.39, 0.29) is 19.2 Å². The highest BCUT2D eigenvalue weighted by Crippen LogP contribution is 2.23. The number of aliphatic hydroxyl groups excluding tert-OH is 4. The molecule has 4 N–H and O–H groups in total. The first-order valence-corrected chi connectivity index (χ1v) is 23.9. The maximum absolute atomic E-state index is 12.8. The van der Waals surface area contributed by atoms with Gasteiger partial charge in [-0.2, -0.15) is 0 Å². The molecule has 1 saturated heterocycles. The van der Waals surface area contributed by atoms with Crippen molar-refractivity contribution in [2.24, 2.45) is 0 Å². The molecule has 0 aromatic rings. The van der Waals surface area contributed by atoms with Crippen LogP contribution >= 0.6 is 0 Å². The van der Waals surface area contributed by atoms with Crippen molar-refractivity contribution in [3.05, 3.63) is 24.3 Å². The lowest BCUT2D eigenvalue weighted by Gasteiger charge is -2.39. The van der Waals surface area contributed by atoms with Gasteiger partial charge in [0.2, 0.25) is 0 Å². The van der Waals surface area contributed by atoms with Gasteiger partial charge in [-0.25, -0.2) is 0 Å². The molecule has 0 bridgehead atoms. The number of allylic oxidation sites excluding steroid dienone is 4. The summed E-state index contributed by atoms with van der Waals surface area (Å²) in [5, 5.41) is 40.1. The van der Waals surface area contributed by atoms with Crippen LogP contribution in [0.25, 0.3) is 0 Å². The minimum Gasteiger partial charge on any atom is -0.457 e. The van der Waals surface area contributed by atoms with Crippen LogP contribution in [0.1, 0.15) is 213 Å². The Morgan fingerprint density at radius 2 is 1.05 bits per heavy atom. The standard InChI is InChI=1S/C48H90O9/c1-3-5-7-9-11-13-15-17-19-20-21-22-23-24-25-27-29-31-33-35-37-44(50)56-42(41-55-48-47(53)46(52)45(51)43(39-49)57-48)40-54-38-36-34-32-30-28-26-18-16-14-12-10-8-6-4-2/h8,10,14,16,42-43,45-49,51-53H,3-7,9,11-13,15,17-41H2,1-2H3/b10-8-,16-14-. The Hall–Kier alpha value is -1.33. The topological polar surface area (TPSA) is 135 Å². The van der Waals surface area contributed by atoms with Gasteiger partial charge in [0.25, 0.3) is 0 Å². The number of rotatable bonds is 41. The Balaban J connectivity index is 2.21.